The van der Waals surface area contributed by atoms with Gasteiger partial charge in [0.25, 0.3) is 0 Å². The van der Waals surface area contributed by atoms with Crippen molar-refractivity contribution in [2.75, 3.05) is 0 Å². The molecule has 2 aromatic carbocycles. The second-order valence-corrected chi connectivity index (χ2v) is 5.76. The lowest BCUT2D eigenvalue weighted by molar-refractivity contribution is -0.0256. The zero-order valence-electron chi connectivity index (χ0n) is 13.2. The minimum Gasteiger partial charge on any atom is -0.291 e. The summed E-state index contributed by atoms with van der Waals surface area (Å²) in [6, 6.07) is 16.5. The molecule has 0 atom stereocenters. The van der Waals surface area contributed by atoms with E-state index in [0.717, 1.165) is 12.8 Å². The molecule has 4 heteroatoms. The highest BCUT2D eigenvalue weighted by atomic mass is 19.3. The third kappa shape index (κ3) is 3.11. The maximum absolute atomic E-state index is 14.8. The molecule has 0 saturated carbocycles. The minimum absolute atomic E-state index is 0.166. The van der Waals surface area contributed by atoms with Crippen LogP contribution in [0.15, 0.2) is 54.6 Å². The van der Waals surface area contributed by atoms with Crippen LogP contribution in [0, 0.1) is 0 Å². The molecule has 3 aromatic rings. The van der Waals surface area contributed by atoms with E-state index in [1.807, 2.05) is 55.5 Å². The Kier molecular flexibility index (Phi) is 4.42. The van der Waals surface area contributed by atoms with Crippen molar-refractivity contribution in [3.8, 4) is 5.69 Å². The van der Waals surface area contributed by atoms with Gasteiger partial charge in [-0.15, -0.1) is 0 Å². The maximum Gasteiger partial charge on any atom is 0.305 e. The molecular weight excluding hydrogens is 294 g/mol. The number of imidazole rings is 1. The SMILES string of the molecule is CCCCCC(F)(F)c1nc2ccccc2n1-c1ccccc1. The van der Waals surface area contributed by atoms with E-state index in [1.165, 1.54) is 0 Å². The van der Waals surface area contributed by atoms with E-state index in [9.17, 15) is 8.78 Å². The fourth-order valence-corrected chi connectivity index (χ4v) is 2.82. The Morgan fingerprint density at radius 1 is 0.957 bits per heavy atom. The van der Waals surface area contributed by atoms with Crippen molar-refractivity contribution in [3.05, 3.63) is 60.4 Å². The van der Waals surface area contributed by atoms with Crippen LogP contribution < -0.4 is 0 Å². The number of hydrogen-bond donors (Lipinski definition) is 0. The molecule has 0 aliphatic rings. The van der Waals surface area contributed by atoms with Crippen LogP contribution in [0.1, 0.15) is 38.4 Å². The molecule has 3 rings (SSSR count). The number of nitrogens with zero attached hydrogens (tertiary/aromatic N) is 2. The van der Waals surface area contributed by atoms with Crippen LogP contribution in [0.4, 0.5) is 8.78 Å². The zero-order chi connectivity index (χ0) is 16.3. The Hall–Kier alpha value is -2.23. The van der Waals surface area contributed by atoms with Crippen LogP contribution >= 0.6 is 0 Å². The fourth-order valence-electron chi connectivity index (χ4n) is 2.82. The average molecular weight is 314 g/mol. The number of unbranched alkanes of at least 4 members (excludes halogenated alkanes) is 2. The first-order valence-electron chi connectivity index (χ1n) is 8.04. The lowest BCUT2D eigenvalue weighted by Gasteiger charge is -2.18. The van der Waals surface area contributed by atoms with Crippen molar-refractivity contribution in [3.63, 3.8) is 0 Å². The van der Waals surface area contributed by atoms with Crippen molar-refractivity contribution >= 4 is 11.0 Å². The molecule has 2 nitrogen and oxygen atoms in total. The maximum atomic E-state index is 14.8. The summed E-state index contributed by atoms with van der Waals surface area (Å²) in [7, 11) is 0. The smallest absolute Gasteiger partial charge is 0.291 e. The third-order valence-electron chi connectivity index (χ3n) is 4.00. The first kappa shape index (κ1) is 15.7. The second kappa shape index (κ2) is 6.49. The van der Waals surface area contributed by atoms with Gasteiger partial charge in [0.15, 0.2) is 5.82 Å². The highest BCUT2D eigenvalue weighted by molar-refractivity contribution is 5.78. The topological polar surface area (TPSA) is 17.8 Å². The van der Waals surface area contributed by atoms with Crippen LogP contribution in [0.25, 0.3) is 16.7 Å². The molecule has 1 aromatic heterocycles. The number of benzene rings is 2. The molecule has 120 valence electrons. The van der Waals surface area contributed by atoms with E-state index >= 15 is 0 Å². The fraction of sp³-hybridized carbons (Fsp3) is 0.316. The van der Waals surface area contributed by atoms with Crippen molar-refractivity contribution < 1.29 is 8.78 Å². The van der Waals surface area contributed by atoms with Gasteiger partial charge in [0.2, 0.25) is 0 Å². The number of halogens is 2. The quantitative estimate of drug-likeness (QED) is 0.534. The van der Waals surface area contributed by atoms with Crippen molar-refractivity contribution in [2.45, 2.75) is 38.5 Å². The molecule has 23 heavy (non-hydrogen) atoms. The number of aromatic nitrogens is 2. The van der Waals surface area contributed by atoms with Gasteiger partial charge in [-0.25, -0.2) is 4.98 Å². The molecule has 0 spiro atoms. The Morgan fingerprint density at radius 3 is 2.39 bits per heavy atom. The molecule has 0 N–H and O–H groups in total. The second-order valence-electron chi connectivity index (χ2n) is 5.76. The van der Waals surface area contributed by atoms with Gasteiger partial charge >= 0.3 is 5.92 Å². The van der Waals surface area contributed by atoms with Gasteiger partial charge in [0.05, 0.1) is 11.0 Å². The van der Waals surface area contributed by atoms with E-state index in [1.54, 1.807) is 10.6 Å². The van der Waals surface area contributed by atoms with Crippen molar-refractivity contribution in [2.24, 2.45) is 0 Å². The summed E-state index contributed by atoms with van der Waals surface area (Å²) >= 11 is 0. The first-order valence-corrected chi connectivity index (χ1v) is 8.04. The predicted molar refractivity (Wildman–Crippen MR) is 89.1 cm³/mol. The van der Waals surface area contributed by atoms with Gasteiger partial charge in [0, 0.05) is 12.1 Å². The molecule has 0 unspecified atom stereocenters. The highest BCUT2D eigenvalue weighted by Crippen LogP contribution is 2.36. The van der Waals surface area contributed by atoms with E-state index in [0.29, 0.717) is 23.1 Å². The highest BCUT2D eigenvalue weighted by Gasteiger charge is 2.37. The number of rotatable bonds is 6. The summed E-state index contributed by atoms with van der Waals surface area (Å²) in [5.41, 5.74) is 2.02. The third-order valence-corrected chi connectivity index (χ3v) is 4.00. The van der Waals surface area contributed by atoms with E-state index < -0.39 is 5.92 Å². The zero-order valence-corrected chi connectivity index (χ0v) is 13.2. The van der Waals surface area contributed by atoms with Gasteiger partial charge in [-0.2, -0.15) is 8.78 Å². The molecule has 0 amide bonds. The van der Waals surface area contributed by atoms with Crippen LogP contribution in [-0.4, -0.2) is 9.55 Å². The molecule has 0 aliphatic heterocycles. The van der Waals surface area contributed by atoms with Gasteiger partial charge < -0.3 is 0 Å². The molecule has 0 aliphatic carbocycles. The minimum atomic E-state index is -2.94. The van der Waals surface area contributed by atoms with Crippen molar-refractivity contribution in [1.82, 2.24) is 9.55 Å². The lowest BCUT2D eigenvalue weighted by Crippen LogP contribution is -2.19. The van der Waals surface area contributed by atoms with Crippen molar-refractivity contribution in [1.29, 1.82) is 0 Å². The molecule has 1 heterocycles. The normalized spacial score (nSPS) is 12.0. The lowest BCUT2D eigenvalue weighted by atomic mass is 10.1. The summed E-state index contributed by atoms with van der Waals surface area (Å²) in [6.07, 6.45) is 2.06. The number of fused-ring (bicyclic) bond motifs is 1. The average Bonchev–Trinajstić information content (AvgIpc) is 2.96. The van der Waals surface area contributed by atoms with Gasteiger partial charge in [-0.3, -0.25) is 4.57 Å². The Morgan fingerprint density at radius 2 is 1.65 bits per heavy atom. The summed E-state index contributed by atoms with van der Waals surface area (Å²) < 4.78 is 31.1. The van der Waals surface area contributed by atoms with E-state index in [4.69, 9.17) is 0 Å². The molecule has 0 radical (unpaired) electrons. The van der Waals surface area contributed by atoms with Crippen LogP contribution in [-0.2, 0) is 5.92 Å². The summed E-state index contributed by atoms with van der Waals surface area (Å²) in [5.74, 6) is -3.11. The van der Waals surface area contributed by atoms with E-state index in [2.05, 4.69) is 4.98 Å². The Labute approximate surface area is 134 Å². The Bertz CT molecular complexity index is 778. The first-order chi connectivity index (χ1) is 11.1. The van der Waals surface area contributed by atoms with Gasteiger partial charge in [0.1, 0.15) is 0 Å². The van der Waals surface area contributed by atoms with E-state index in [-0.39, 0.29) is 12.2 Å². The summed E-state index contributed by atoms with van der Waals surface area (Å²) in [5, 5.41) is 0. The largest absolute Gasteiger partial charge is 0.305 e. The predicted octanol–water partition coefficient (Wildman–Crippen LogP) is 5.70. The van der Waals surface area contributed by atoms with Crippen LogP contribution in [0.5, 0.6) is 0 Å². The molecular formula is C19H20F2N2. The van der Waals surface area contributed by atoms with Crippen LogP contribution in [0.2, 0.25) is 0 Å². The number of para-hydroxylation sites is 3. The number of alkyl halides is 2. The number of hydrogen-bond acceptors (Lipinski definition) is 1. The summed E-state index contributed by atoms with van der Waals surface area (Å²) in [4.78, 5) is 4.25. The standard InChI is InChI=1S/C19H20F2N2/c1-2-3-9-14-19(20,21)18-22-16-12-7-8-13-17(16)23(18)15-10-5-4-6-11-15/h4-8,10-13H,2-3,9,14H2,1H3. The summed E-state index contributed by atoms with van der Waals surface area (Å²) in [6.45, 7) is 2.01. The molecule has 0 saturated heterocycles. The molecule has 0 bridgehead atoms. The monoisotopic (exact) mass is 314 g/mol. The Balaban J connectivity index is 2.13. The molecule has 0 fully saturated rings. The van der Waals surface area contributed by atoms with Gasteiger partial charge in [-0.1, -0.05) is 50.1 Å². The van der Waals surface area contributed by atoms with Crippen LogP contribution in [0.3, 0.4) is 0 Å². The van der Waals surface area contributed by atoms with Gasteiger partial charge in [-0.05, 0) is 30.7 Å².